The minimum Gasteiger partial charge on any atom is -0.492 e. The molecule has 0 fully saturated rings. The zero-order chi connectivity index (χ0) is 13.8. The van der Waals surface area contributed by atoms with Gasteiger partial charge in [-0.3, -0.25) is 4.79 Å². The molecule has 0 saturated heterocycles. The highest BCUT2D eigenvalue weighted by Gasteiger charge is 2.17. The zero-order valence-corrected chi connectivity index (χ0v) is 12.0. The summed E-state index contributed by atoms with van der Waals surface area (Å²) >= 11 is 17.2. The molecular formula is C13H10Cl3NO2. The van der Waals surface area contributed by atoms with Gasteiger partial charge in [0, 0.05) is 0 Å². The van der Waals surface area contributed by atoms with Crippen molar-refractivity contribution in [3.05, 3.63) is 51.8 Å². The number of para-hydroxylation sites is 1. The third kappa shape index (κ3) is 3.24. The Morgan fingerprint density at radius 2 is 2.00 bits per heavy atom. The second-order valence-electron chi connectivity index (χ2n) is 3.71. The highest BCUT2D eigenvalue weighted by molar-refractivity contribution is 6.41. The number of hydrogen-bond donors (Lipinski definition) is 1. The van der Waals surface area contributed by atoms with Crippen LogP contribution in [-0.2, 0) is 0 Å². The average molecular weight is 319 g/mol. The predicted octanol–water partition coefficient (Wildman–Crippen LogP) is 4.17. The first-order valence-electron chi connectivity index (χ1n) is 5.50. The Balaban J connectivity index is 2.33. The van der Waals surface area contributed by atoms with Crippen molar-refractivity contribution in [3.63, 3.8) is 0 Å². The van der Waals surface area contributed by atoms with Gasteiger partial charge in [0.15, 0.2) is 0 Å². The summed E-state index contributed by atoms with van der Waals surface area (Å²) < 4.78 is 5.43. The molecule has 0 radical (unpaired) electrons. The van der Waals surface area contributed by atoms with Crippen molar-refractivity contribution in [2.24, 2.45) is 0 Å². The van der Waals surface area contributed by atoms with Crippen molar-refractivity contribution < 1.29 is 9.53 Å². The molecule has 0 saturated carbocycles. The van der Waals surface area contributed by atoms with E-state index in [1.165, 1.54) is 6.07 Å². The van der Waals surface area contributed by atoms with E-state index in [0.717, 1.165) is 0 Å². The Labute approximate surface area is 125 Å². The molecular weight excluding hydrogens is 309 g/mol. The number of benzene rings is 1. The predicted molar refractivity (Wildman–Crippen MR) is 76.9 cm³/mol. The van der Waals surface area contributed by atoms with Gasteiger partial charge in [-0.25, -0.2) is 0 Å². The molecule has 1 aromatic carbocycles. The lowest BCUT2D eigenvalue weighted by molar-refractivity contribution is 0.103. The molecule has 0 bridgehead atoms. The van der Waals surface area contributed by atoms with Crippen molar-refractivity contribution in [2.45, 2.75) is 0 Å². The molecule has 1 aromatic heterocycles. The molecule has 100 valence electrons. The van der Waals surface area contributed by atoms with E-state index in [0.29, 0.717) is 34.5 Å². The molecule has 2 aromatic rings. The fraction of sp³-hybridized carbons (Fsp3) is 0.154. The van der Waals surface area contributed by atoms with Crippen LogP contribution in [0.4, 0.5) is 0 Å². The summed E-state index contributed by atoms with van der Waals surface area (Å²) in [4.78, 5) is 15.1. The van der Waals surface area contributed by atoms with Gasteiger partial charge >= 0.3 is 0 Å². The Hall–Kier alpha value is -1.16. The minimum atomic E-state index is -0.237. The maximum atomic E-state index is 12.3. The van der Waals surface area contributed by atoms with Crippen molar-refractivity contribution >= 4 is 40.6 Å². The smallest absolute Gasteiger partial charge is 0.212 e. The number of hydrogen-bond acceptors (Lipinski definition) is 2. The number of ether oxygens (including phenoxy) is 1. The van der Waals surface area contributed by atoms with Crippen LogP contribution in [0.15, 0.2) is 30.3 Å². The lowest BCUT2D eigenvalue weighted by Crippen LogP contribution is -2.07. The third-order valence-corrected chi connectivity index (χ3v) is 3.28. The summed E-state index contributed by atoms with van der Waals surface area (Å²) in [6.07, 6.45) is 0. The molecule has 0 spiro atoms. The average Bonchev–Trinajstić information content (AvgIpc) is 2.76. The molecule has 0 amide bonds. The Bertz CT molecular complexity index is 576. The normalized spacial score (nSPS) is 10.5. The Kier molecular flexibility index (Phi) is 4.75. The number of alkyl halides is 1. The first kappa shape index (κ1) is 14.3. The van der Waals surface area contributed by atoms with Crippen molar-refractivity contribution in [3.8, 4) is 5.75 Å². The van der Waals surface area contributed by atoms with Gasteiger partial charge in [0.1, 0.15) is 17.5 Å². The fourth-order valence-electron chi connectivity index (χ4n) is 1.60. The third-order valence-electron chi connectivity index (χ3n) is 2.44. The van der Waals surface area contributed by atoms with E-state index in [9.17, 15) is 4.79 Å². The van der Waals surface area contributed by atoms with Gasteiger partial charge in [-0.05, 0) is 18.2 Å². The van der Waals surface area contributed by atoms with Crippen LogP contribution in [0.2, 0.25) is 10.2 Å². The van der Waals surface area contributed by atoms with E-state index >= 15 is 0 Å². The quantitative estimate of drug-likeness (QED) is 0.664. The van der Waals surface area contributed by atoms with Gasteiger partial charge in [-0.1, -0.05) is 35.3 Å². The number of ketones is 1. The van der Waals surface area contributed by atoms with Crippen LogP contribution in [-0.4, -0.2) is 23.3 Å². The second kappa shape index (κ2) is 6.33. The van der Waals surface area contributed by atoms with E-state index in [4.69, 9.17) is 39.5 Å². The monoisotopic (exact) mass is 317 g/mol. The van der Waals surface area contributed by atoms with Gasteiger partial charge in [0.25, 0.3) is 0 Å². The summed E-state index contributed by atoms with van der Waals surface area (Å²) in [6, 6.07) is 8.42. The first-order valence-corrected chi connectivity index (χ1v) is 6.79. The topological polar surface area (TPSA) is 42.1 Å². The molecule has 19 heavy (non-hydrogen) atoms. The lowest BCUT2D eigenvalue weighted by atomic mass is 10.1. The van der Waals surface area contributed by atoms with E-state index in [2.05, 4.69) is 4.98 Å². The number of H-pyrrole nitrogens is 1. The standard InChI is InChI=1S/C13H10Cl3NO2/c14-5-6-19-11-4-2-1-3-8(11)12(18)10-7-9(15)13(16)17-10/h1-4,7,17H,5-6H2. The van der Waals surface area contributed by atoms with Crippen LogP contribution < -0.4 is 4.74 Å². The number of halogens is 3. The van der Waals surface area contributed by atoms with Gasteiger partial charge in [-0.15, -0.1) is 11.6 Å². The van der Waals surface area contributed by atoms with Crippen LogP contribution in [0.5, 0.6) is 5.75 Å². The number of aromatic nitrogens is 1. The van der Waals surface area contributed by atoms with Gasteiger partial charge in [-0.2, -0.15) is 0 Å². The number of rotatable bonds is 5. The molecule has 0 aliphatic heterocycles. The zero-order valence-electron chi connectivity index (χ0n) is 9.75. The van der Waals surface area contributed by atoms with Crippen LogP contribution in [0.1, 0.15) is 16.1 Å². The first-order chi connectivity index (χ1) is 9.13. The van der Waals surface area contributed by atoms with Crippen molar-refractivity contribution in [1.82, 2.24) is 4.98 Å². The van der Waals surface area contributed by atoms with Crippen LogP contribution in [0.25, 0.3) is 0 Å². The van der Waals surface area contributed by atoms with E-state index in [-0.39, 0.29) is 10.9 Å². The fourth-order valence-corrected chi connectivity index (χ4v) is 1.99. The highest BCUT2D eigenvalue weighted by Crippen LogP contribution is 2.26. The summed E-state index contributed by atoms with van der Waals surface area (Å²) in [5.74, 6) is 0.594. The summed E-state index contributed by atoms with van der Waals surface area (Å²) in [5, 5.41) is 0.549. The molecule has 1 N–H and O–H groups in total. The molecule has 0 aliphatic rings. The van der Waals surface area contributed by atoms with Crippen LogP contribution in [0.3, 0.4) is 0 Å². The molecule has 1 heterocycles. The SMILES string of the molecule is O=C(c1cc(Cl)c(Cl)[nH]1)c1ccccc1OCCCl. The van der Waals surface area contributed by atoms with Crippen molar-refractivity contribution in [2.75, 3.05) is 12.5 Å². The lowest BCUT2D eigenvalue weighted by Gasteiger charge is -2.08. The molecule has 2 rings (SSSR count). The second-order valence-corrected chi connectivity index (χ2v) is 4.87. The highest BCUT2D eigenvalue weighted by atomic mass is 35.5. The number of aromatic amines is 1. The van der Waals surface area contributed by atoms with Gasteiger partial charge in [0.2, 0.25) is 5.78 Å². The van der Waals surface area contributed by atoms with Crippen LogP contribution in [0, 0.1) is 0 Å². The number of nitrogens with one attached hydrogen (secondary N) is 1. The van der Waals surface area contributed by atoms with Crippen LogP contribution >= 0.6 is 34.8 Å². The summed E-state index contributed by atoms with van der Waals surface area (Å²) in [5.41, 5.74) is 0.749. The largest absolute Gasteiger partial charge is 0.492 e. The van der Waals surface area contributed by atoms with Crippen molar-refractivity contribution in [1.29, 1.82) is 0 Å². The van der Waals surface area contributed by atoms with Gasteiger partial charge < -0.3 is 9.72 Å². The number of carbonyl (C=O) groups is 1. The molecule has 0 atom stereocenters. The molecule has 0 unspecified atom stereocenters. The molecule has 6 heteroatoms. The van der Waals surface area contributed by atoms with E-state index in [1.54, 1.807) is 24.3 Å². The Morgan fingerprint density at radius 3 is 2.63 bits per heavy atom. The summed E-state index contributed by atoms with van der Waals surface area (Å²) in [6.45, 7) is 0.331. The summed E-state index contributed by atoms with van der Waals surface area (Å²) in [7, 11) is 0. The van der Waals surface area contributed by atoms with E-state index in [1.807, 2.05) is 0 Å². The van der Waals surface area contributed by atoms with Gasteiger partial charge in [0.05, 0.1) is 22.2 Å². The maximum absolute atomic E-state index is 12.3. The van der Waals surface area contributed by atoms with E-state index < -0.39 is 0 Å². The minimum absolute atomic E-state index is 0.237. The molecule has 3 nitrogen and oxygen atoms in total. The maximum Gasteiger partial charge on any atom is 0.212 e. The number of carbonyl (C=O) groups excluding carboxylic acids is 1. The Morgan fingerprint density at radius 1 is 1.26 bits per heavy atom. The molecule has 0 aliphatic carbocycles.